The van der Waals surface area contributed by atoms with Gasteiger partial charge in [0, 0.05) is 25.2 Å². The van der Waals surface area contributed by atoms with E-state index in [1.807, 2.05) is 44.4 Å². The van der Waals surface area contributed by atoms with Gasteiger partial charge in [-0.3, -0.25) is 4.79 Å². The molecule has 1 aliphatic heterocycles. The molecule has 0 unspecified atom stereocenters. The number of nitrogens with zero attached hydrogens (tertiary/aromatic N) is 3. The number of carbonyl (C=O) groups excluding carboxylic acids is 1. The van der Waals surface area contributed by atoms with Crippen molar-refractivity contribution in [2.45, 2.75) is 44.3 Å². The summed E-state index contributed by atoms with van der Waals surface area (Å²) in [6, 6.07) is 9.14. The lowest BCUT2D eigenvalue weighted by Crippen LogP contribution is -2.40. The number of morpholine rings is 1. The summed E-state index contributed by atoms with van der Waals surface area (Å²) in [6.45, 7) is 10.2. The van der Waals surface area contributed by atoms with E-state index < -0.39 is 10.0 Å². The normalized spacial score (nSPS) is 15.3. The zero-order valence-electron chi connectivity index (χ0n) is 19.4. The van der Waals surface area contributed by atoms with Gasteiger partial charge in [-0.25, -0.2) is 13.4 Å². The largest absolute Gasteiger partial charge is 0.379 e. The lowest BCUT2D eigenvalue weighted by Gasteiger charge is -2.26. The van der Waals surface area contributed by atoms with Crippen LogP contribution in [0.1, 0.15) is 34.0 Å². The third kappa shape index (κ3) is 4.73. The monoisotopic (exact) mass is 487 g/mol. The van der Waals surface area contributed by atoms with Gasteiger partial charge in [0.05, 0.1) is 34.9 Å². The molecule has 0 radical (unpaired) electrons. The van der Waals surface area contributed by atoms with Gasteiger partial charge in [0.15, 0.2) is 10.9 Å². The topological polar surface area (TPSA) is 81.5 Å². The Labute approximate surface area is 199 Å². The van der Waals surface area contributed by atoms with Crippen LogP contribution in [-0.2, 0) is 21.3 Å². The van der Waals surface area contributed by atoms with E-state index >= 15 is 0 Å². The zero-order valence-corrected chi connectivity index (χ0v) is 21.1. The van der Waals surface area contributed by atoms with Crippen LogP contribution in [0.5, 0.6) is 0 Å². The van der Waals surface area contributed by atoms with Crippen molar-refractivity contribution in [2.75, 3.05) is 32.1 Å². The average molecular weight is 488 g/mol. The number of aryl methyl sites for hydroxylation is 4. The van der Waals surface area contributed by atoms with Crippen LogP contribution in [0.3, 0.4) is 0 Å². The Balaban J connectivity index is 1.60. The number of rotatable bonds is 7. The quantitative estimate of drug-likeness (QED) is 0.370. The van der Waals surface area contributed by atoms with Gasteiger partial charge >= 0.3 is 0 Å². The highest BCUT2D eigenvalue weighted by Crippen LogP contribution is 2.28. The molecule has 1 fully saturated rings. The Morgan fingerprint density at radius 1 is 1.09 bits per heavy atom. The molecule has 7 nitrogen and oxygen atoms in total. The predicted octanol–water partition coefficient (Wildman–Crippen LogP) is 3.98. The van der Waals surface area contributed by atoms with Crippen LogP contribution in [0.15, 0.2) is 40.4 Å². The first-order chi connectivity index (χ1) is 15.7. The lowest BCUT2D eigenvalue weighted by atomic mass is 9.97. The minimum Gasteiger partial charge on any atom is -0.379 e. The summed E-state index contributed by atoms with van der Waals surface area (Å²) >= 11 is 1.39. The zero-order chi connectivity index (χ0) is 23.8. The van der Waals surface area contributed by atoms with E-state index in [0.29, 0.717) is 43.5 Å². The van der Waals surface area contributed by atoms with E-state index in [-0.39, 0.29) is 16.4 Å². The maximum absolute atomic E-state index is 13.0. The van der Waals surface area contributed by atoms with Gasteiger partial charge in [0.2, 0.25) is 10.0 Å². The van der Waals surface area contributed by atoms with Crippen LogP contribution in [-0.4, -0.2) is 60.1 Å². The number of benzene rings is 2. The Morgan fingerprint density at radius 3 is 2.39 bits per heavy atom. The predicted molar refractivity (Wildman–Crippen MR) is 131 cm³/mol. The third-order valence-electron chi connectivity index (χ3n) is 5.90. The van der Waals surface area contributed by atoms with Crippen LogP contribution < -0.4 is 0 Å². The number of fused-ring (bicyclic) bond motifs is 1. The van der Waals surface area contributed by atoms with E-state index in [4.69, 9.17) is 9.72 Å². The Bertz CT molecular complexity index is 1290. The Morgan fingerprint density at radius 2 is 1.76 bits per heavy atom. The lowest BCUT2D eigenvalue weighted by molar-refractivity contribution is 0.0730. The van der Waals surface area contributed by atoms with Crippen molar-refractivity contribution in [3.63, 3.8) is 0 Å². The molecule has 0 spiro atoms. The molecule has 0 atom stereocenters. The SMILES string of the molecule is CCn1c(SCC(=O)c2c(C)cc(C)cc2C)nc2cc(S(=O)(=O)N3CCOCC3)ccc21. The van der Waals surface area contributed by atoms with Gasteiger partial charge in [0.25, 0.3) is 0 Å². The standard InChI is InChI=1S/C24H29N3O4S2/c1-5-27-21-7-6-19(33(29,30)26-8-10-31-11-9-26)14-20(21)25-24(27)32-15-22(28)23-17(3)12-16(2)13-18(23)4/h6-7,12-14H,5,8-11,15H2,1-4H3. The minimum atomic E-state index is -3.60. The van der Waals surface area contributed by atoms with E-state index in [0.717, 1.165) is 27.8 Å². The number of imidazole rings is 1. The summed E-state index contributed by atoms with van der Waals surface area (Å²) in [5.74, 6) is 0.341. The number of thioether (sulfide) groups is 1. The molecule has 2 aromatic carbocycles. The average Bonchev–Trinajstić information content (AvgIpc) is 3.14. The summed E-state index contributed by atoms with van der Waals surface area (Å²) in [5, 5.41) is 0.712. The van der Waals surface area contributed by atoms with Gasteiger partial charge in [0.1, 0.15) is 0 Å². The molecule has 0 amide bonds. The highest BCUT2D eigenvalue weighted by Gasteiger charge is 2.27. The molecular formula is C24H29N3O4S2. The van der Waals surface area contributed by atoms with Crippen molar-refractivity contribution >= 4 is 38.6 Å². The summed E-state index contributed by atoms with van der Waals surface area (Å²) in [5.41, 5.74) is 5.36. The van der Waals surface area contributed by atoms with Crippen LogP contribution >= 0.6 is 11.8 Å². The molecule has 33 heavy (non-hydrogen) atoms. The fourth-order valence-corrected chi connectivity index (χ4v) is 6.80. The van der Waals surface area contributed by atoms with Crippen LogP contribution in [0.2, 0.25) is 0 Å². The van der Waals surface area contributed by atoms with Crippen LogP contribution in [0, 0.1) is 20.8 Å². The molecule has 1 aromatic heterocycles. The van der Waals surface area contributed by atoms with E-state index in [9.17, 15) is 13.2 Å². The molecule has 176 valence electrons. The van der Waals surface area contributed by atoms with Crippen LogP contribution in [0.25, 0.3) is 11.0 Å². The van der Waals surface area contributed by atoms with Crippen LogP contribution in [0.4, 0.5) is 0 Å². The van der Waals surface area contributed by atoms with Gasteiger partial charge < -0.3 is 9.30 Å². The van der Waals surface area contributed by atoms with Crippen molar-refractivity contribution in [3.8, 4) is 0 Å². The molecule has 0 bridgehead atoms. The minimum absolute atomic E-state index is 0.0697. The third-order valence-corrected chi connectivity index (χ3v) is 8.77. The van der Waals surface area contributed by atoms with Gasteiger partial charge in [-0.15, -0.1) is 0 Å². The molecule has 0 N–H and O–H groups in total. The number of carbonyl (C=O) groups is 1. The molecule has 1 aliphatic rings. The highest BCUT2D eigenvalue weighted by atomic mass is 32.2. The number of Topliss-reactive ketones (excluding diaryl/α,β-unsaturated/α-hetero) is 1. The van der Waals surface area contributed by atoms with Crippen molar-refractivity contribution < 1.29 is 17.9 Å². The van der Waals surface area contributed by atoms with Gasteiger partial charge in [-0.1, -0.05) is 29.5 Å². The van der Waals surface area contributed by atoms with E-state index in [1.165, 1.54) is 16.1 Å². The van der Waals surface area contributed by atoms with E-state index in [2.05, 4.69) is 0 Å². The molecule has 4 rings (SSSR count). The summed E-state index contributed by atoms with van der Waals surface area (Å²) in [4.78, 5) is 17.9. The van der Waals surface area contributed by atoms with Crippen molar-refractivity contribution in [3.05, 3.63) is 52.6 Å². The summed E-state index contributed by atoms with van der Waals surface area (Å²) < 4.78 is 34.8. The molecule has 2 heterocycles. The number of hydrogen-bond donors (Lipinski definition) is 0. The first-order valence-electron chi connectivity index (χ1n) is 11.0. The van der Waals surface area contributed by atoms with Crippen molar-refractivity contribution in [1.29, 1.82) is 0 Å². The second-order valence-corrected chi connectivity index (χ2v) is 11.2. The van der Waals surface area contributed by atoms with Crippen molar-refractivity contribution in [2.24, 2.45) is 0 Å². The van der Waals surface area contributed by atoms with Gasteiger partial charge in [-0.2, -0.15) is 4.31 Å². The van der Waals surface area contributed by atoms with Gasteiger partial charge in [-0.05, 0) is 57.0 Å². The first-order valence-corrected chi connectivity index (χ1v) is 13.5. The fourth-order valence-electron chi connectivity index (χ4n) is 4.42. The van der Waals surface area contributed by atoms with E-state index in [1.54, 1.807) is 18.2 Å². The number of hydrogen-bond acceptors (Lipinski definition) is 6. The molecule has 1 saturated heterocycles. The van der Waals surface area contributed by atoms with Crippen molar-refractivity contribution in [1.82, 2.24) is 13.9 Å². The first kappa shape index (κ1) is 23.9. The number of aromatic nitrogens is 2. The smallest absolute Gasteiger partial charge is 0.243 e. The second-order valence-electron chi connectivity index (χ2n) is 8.29. The highest BCUT2D eigenvalue weighted by molar-refractivity contribution is 7.99. The molecule has 9 heteroatoms. The maximum Gasteiger partial charge on any atom is 0.243 e. The number of sulfonamides is 1. The second kappa shape index (κ2) is 9.58. The summed E-state index contributed by atoms with van der Waals surface area (Å²) in [6.07, 6.45) is 0. The molecule has 0 saturated carbocycles. The maximum atomic E-state index is 13.0. The Kier molecular flexibility index (Phi) is 6.95. The Hall–Kier alpha value is -2.20. The fraction of sp³-hybridized carbons (Fsp3) is 0.417. The summed E-state index contributed by atoms with van der Waals surface area (Å²) in [7, 11) is -3.60. The number of ether oxygens (including phenoxy) is 1. The molecular weight excluding hydrogens is 458 g/mol. The molecule has 3 aromatic rings. The number of ketones is 1. The molecule has 0 aliphatic carbocycles.